The number of anilines is 1. The number of rotatable bonds is 4. The van der Waals surface area contributed by atoms with Crippen molar-refractivity contribution in [3.63, 3.8) is 0 Å². The Labute approximate surface area is 153 Å². The minimum absolute atomic E-state index is 0.0316. The Hall–Kier alpha value is -2.95. The molecule has 5 heteroatoms. The lowest BCUT2D eigenvalue weighted by molar-refractivity contribution is -0.132. The molecule has 3 rings (SSSR count). The molecule has 0 aliphatic carbocycles. The van der Waals surface area contributed by atoms with Gasteiger partial charge >= 0.3 is 0 Å². The molecule has 2 amide bonds. The first-order valence-electron chi connectivity index (χ1n) is 8.71. The normalized spacial score (nSPS) is 15.9. The molecule has 0 spiro atoms. The first-order valence-corrected chi connectivity index (χ1v) is 8.71. The van der Waals surface area contributed by atoms with Gasteiger partial charge in [0.1, 0.15) is 0 Å². The molecule has 134 valence electrons. The molecule has 2 aromatic rings. The average molecular weight is 350 g/mol. The van der Waals surface area contributed by atoms with Crippen LogP contribution in [0.4, 0.5) is 5.69 Å². The molecule has 1 N–H and O–H groups in total. The maximum Gasteiger partial charge on any atom is 0.226 e. The third-order valence-corrected chi connectivity index (χ3v) is 4.75. The lowest BCUT2D eigenvalue weighted by atomic mass is 9.90. The molecule has 1 heterocycles. The Balaban J connectivity index is 1.79. The van der Waals surface area contributed by atoms with E-state index in [9.17, 15) is 14.4 Å². The largest absolute Gasteiger partial charge is 0.335 e. The number of carbonyl (C=O) groups is 3. The zero-order chi connectivity index (χ0) is 18.7. The van der Waals surface area contributed by atoms with Gasteiger partial charge in [-0.05, 0) is 36.6 Å². The summed E-state index contributed by atoms with van der Waals surface area (Å²) >= 11 is 0. The highest BCUT2D eigenvalue weighted by Gasteiger charge is 2.30. The number of Topliss-reactive ketones (excluding diaryl/α,β-unsaturated/α-hetero) is 1. The predicted octanol–water partition coefficient (Wildman–Crippen LogP) is 3.36. The molecule has 1 unspecified atom stereocenters. The fourth-order valence-corrected chi connectivity index (χ4v) is 3.45. The molecular weight excluding hydrogens is 328 g/mol. The van der Waals surface area contributed by atoms with E-state index in [4.69, 9.17) is 0 Å². The predicted molar refractivity (Wildman–Crippen MR) is 100.0 cm³/mol. The third-order valence-electron chi connectivity index (χ3n) is 4.75. The molecule has 0 fully saturated rings. The van der Waals surface area contributed by atoms with Gasteiger partial charge in [0.15, 0.2) is 5.78 Å². The first kappa shape index (κ1) is 17.9. The molecular formula is C21H22N2O3. The number of carbonyl (C=O) groups excluding carboxylic acids is 3. The maximum absolute atomic E-state index is 12.6. The van der Waals surface area contributed by atoms with E-state index in [-0.39, 0.29) is 30.1 Å². The minimum atomic E-state index is -0.270. The van der Waals surface area contributed by atoms with Gasteiger partial charge in [-0.25, -0.2) is 0 Å². The number of amides is 2. The molecule has 0 saturated carbocycles. The van der Waals surface area contributed by atoms with Crippen LogP contribution in [0.15, 0.2) is 48.5 Å². The number of hydrogen-bond acceptors (Lipinski definition) is 3. The number of nitrogens with zero attached hydrogens (tertiary/aromatic N) is 1. The summed E-state index contributed by atoms with van der Waals surface area (Å²) in [5, 5.41) is 2.85. The van der Waals surface area contributed by atoms with Crippen molar-refractivity contribution < 1.29 is 14.4 Å². The van der Waals surface area contributed by atoms with Crippen molar-refractivity contribution in [2.75, 3.05) is 11.9 Å². The zero-order valence-electron chi connectivity index (χ0n) is 15.0. The molecule has 0 radical (unpaired) electrons. The Bertz CT molecular complexity index is 860. The van der Waals surface area contributed by atoms with Gasteiger partial charge in [0.25, 0.3) is 0 Å². The Morgan fingerprint density at radius 1 is 1.08 bits per heavy atom. The van der Waals surface area contributed by atoms with E-state index in [2.05, 4.69) is 5.32 Å². The molecule has 26 heavy (non-hydrogen) atoms. The highest BCUT2D eigenvalue weighted by molar-refractivity contribution is 5.97. The van der Waals surface area contributed by atoms with Gasteiger partial charge in [0.05, 0.1) is 12.5 Å². The van der Waals surface area contributed by atoms with Crippen molar-refractivity contribution in [1.82, 2.24) is 4.90 Å². The van der Waals surface area contributed by atoms with Crippen LogP contribution in [0.2, 0.25) is 0 Å². The molecule has 0 bridgehead atoms. The summed E-state index contributed by atoms with van der Waals surface area (Å²) in [6, 6.07) is 14.5. The van der Waals surface area contributed by atoms with Crippen LogP contribution in [0.5, 0.6) is 0 Å². The van der Waals surface area contributed by atoms with E-state index in [1.54, 1.807) is 29.2 Å². The van der Waals surface area contributed by atoms with Gasteiger partial charge in [-0.2, -0.15) is 0 Å². The molecule has 2 aromatic carbocycles. The van der Waals surface area contributed by atoms with Gasteiger partial charge < -0.3 is 10.2 Å². The topological polar surface area (TPSA) is 66.5 Å². The summed E-state index contributed by atoms with van der Waals surface area (Å²) in [7, 11) is 0. The number of nitrogens with one attached hydrogen (secondary N) is 1. The first-order chi connectivity index (χ1) is 12.5. The highest BCUT2D eigenvalue weighted by atomic mass is 16.2. The van der Waals surface area contributed by atoms with E-state index >= 15 is 0 Å². The number of ketones is 1. The van der Waals surface area contributed by atoms with Gasteiger partial charge in [-0.3, -0.25) is 14.4 Å². The van der Waals surface area contributed by atoms with E-state index < -0.39 is 0 Å². The summed E-state index contributed by atoms with van der Waals surface area (Å²) in [6.45, 7) is 3.64. The lowest BCUT2D eigenvalue weighted by Crippen LogP contribution is -2.40. The van der Waals surface area contributed by atoms with Crippen LogP contribution in [0.1, 0.15) is 47.8 Å². The number of hydrogen-bond donors (Lipinski definition) is 1. The molecule has 0 saturated heterocycles. The van der Waals surface area contributed by atoms with Gasteiger partial charge in [-0.15, -0.1) is 0 Å². The fourth-order valence-electron chi connectivity index (χ4n) is 3.45. The average Bonchev–Trinajstić information content (AvgIpc) is 2.61. The maximum atomic E-state index is 12.6. The van der Waals surface area contributed by atoms with Crippen molar-refractivity contribution in [3.8, 4) is 0 Å². The number of fused-ring (bicyclic) bond motifs is 1. The van der Waals surface area contributed by atoms with Crippen LogP contribution in [0.3, 0.4) is 0 Å². The quantitative estimate of drug-likeness (QED) is 0.860. The lowest BCUT2D eigenvalue weighted by Gasteiger charge is -2.36. The second-order valence-corrected chi connectivity index (χ2v) is 6.57. The molecule has 1 aliphatic rings. The van der Waals surface area contributed by atoms with Crippen molar-refractivity contribution in [1.29, 1.82) is 0 Å². The molecule has 5 nitrogen and oxygen atoms in total. The van der Waals surface area contributed by atoms with Crippen molar-refractivity contribution in [2.24, 2.45) is 0 Å². The second kappa shape index (κ2) is 7.52. The fraction of sp³-hybridized carbons (Fsp3) is 0.286. The van der Waals surface area contributed by atoms with Crippen LogP contribution in [0, 0.1) is 0 Å². The Kier molecular flexibility index (Phi) is 5.16. The van der Waals surface area contributed by atoms with E-state index in [1.807, 2.05) is 24.3 Å². The molecule has 1 atom stereocenters. The van der Waals surface area contributed by atoms with Crippen LogP contribution >= 0.6 is 0 Å². The molecule has 0 aromatic heterocycles. The zero-order valence-corrected chi connectivity index (χ0v) is 15.0. The summed E-state index contributed by atoms with van der Waals surface area (Å²) in [4.78, 5) is 37.9. The summed E-state index contributed by atoms with van der Waals surface area (Å²) in [6.07, 6.45) is 0.982. The monoisotopic (exact) mass is 350 g/mol. The second-order valence-electron chi connectivity index (χ2n) is 6.57. The third kappa shape index (κ3) is 3.82. The smallest absolute Gasteiger partial charge is 0.226 e. The minimum Gasteiger partial charge on any atom is -0.335 e. The standard InChI is InChI=1S/C21H22N2O3/c1-14(24)17-7-5-8-18(12-17)22-21(26)13-20-19-9-4-3-6-16(19)10-11-23(20)15(2)25/h3-9,12,20H,10-11,13H2,1-2H3,(H,22,26). The molecule has 1 aliphatic heterocycles. The number of benzene rings is 2. The van der Waals surface area contributed by atoms with Crippen LogP contribution in [-0.4, -0.2) is 29.0 Å². The van der Waals surface area contributed by atoms with Gasteiger partial charge in [0.2, 0.25) is 11.8 Å². The van der Waals surface area contributed by atoms with Crippen LogP contribution in [0.25, 0.3) is 0 Å². The van der Waals surface area contributed by atoms with E-state index in [1.165, 1.54) is 19.4 Å². The summed E-state index contributed by atoms with van der Waals surface area (Å²) in [5.74, 6) is -0.264. The van der Waals surface area contributed by atoms with Crippen LogP contribution < -0.4 is 5.32 Å². The van der Waals surface area contributed by atoms with Crippen LogP contribution in [-0.2, 0) is 16.0 Å². The van der Waals surface area contributed by atoms with Crippen molar-refractivity contribution >= 4 is 23.3 Å². The Morgan fingerprint density at radius 2 is 1.85 bits per heavy atom. The summed E-state index contributed by atoms with van der Waals surface area (Å²) < 4.78 is 0. The highest BCUT2D eigenvalue weighted by Crippen LogP contribution is 2.32. The SMILES string of the molecule is CC(=O)c1cccc(NC(=O)CC2c3ccccc3CCN2C(C)=O)c1. The van der Waals surface area contributed by atoms with E-state index in [0.717, 1.165) is 12.0 Å². The summed E-state index contributed by atoms with van der Waals surface area (Å²) in [5.41, 5.74) is 3.35. The van der Waals surface area contributed by atoms with E-state index in [0.29, 0.717) is 17.8 Å². The van der Waals surface area contributed by atoms with Gasteiger partial charge in [0, 0.05) is 24.7 Å². The van der Waals surface area contributed by atoms with Crippen molar-refractivity contribution in [2.45, 2.75) is 32.7 Å². The Morgan fingerprint density at radius 3 is 2.58 bits per heavy atom. The van der Waals surface area contributed by atoms with Crippen molar-refractivity contribution in [3.05, 3.63) is 65.2 Å². The van der Waals surface area contributed by atoms with Gasteiger partial charge in [-0.1, -0.05) is 36.4 Å².